The van der Waals surface area contributed by atoms with Crippen molar-refractivity contribution in [3.05, 3.63) is 145 Å². The van der Waals surface area contributed by atoms with Crippen LogP contribution in [0.3, 0.4) is 0 Å². The van der Waals surface area contributed by atoms with Crippen molar-refractivity contribution in [3.63, 3.8) is 0 Å². The highest BCUT2D eigenvalue weighted by atomic mass is 16.3. The Kier molecular flexibility index (Phi) is 5.92. The maximum atomic E-state index is 11.1. The van der Waals surface area contributed by atoms with E-state index < -0.39 is 0 Å². The second-order valence-electron chi connectivity index (χ2n) is 11.7. The molecule has 0 aromatic heterocycles. The third-order valence-corrected chi connectivity index (χ3v) is 9.10. The van der Waals surface area contributed by atoms with E-state index in [4.69, 9.17) is 0 Å². The monoisotopic (exact) mass is 566 g/mol. The molecule has 210 valence electrons. The molecule has 0 aliphatic heterocycles. The fraction of sp³-hybridized carbons (Fsp3) is 0.0476. The van der Waals surface area contributed by atoms with Crippen LogP contribution in [-0.2, 0) is 0 Å². The van der Waals surface area contributed by atoms with E-state index in [1.807, 2.05) is 36.4 Å². The molecule has 0 amide bonds. The van der Waals surface area contributed by atoms with Gasteiger partial charge in [0, 0.05) is 11.1 Å². The van der Waals surface area contributed by atoms with Gasteiger partial charge in [-0.05, 0) is 115 Å². The van der Waals surface area contributed by atoms with Crippen LogP contribution in [0.4, 0.5) is 0 Å². The Morgan fingerprint density at radius 1 is 0.341 bits per heavy atom. The summed E-state index contributed by atoms with van der Waals surface area (Å²) < 4.78 is 0. The molecule has 0 saturated heterocycles. The van der Waals surface area contributed by atoms with Crippen LogP contribution in [0, 0.1) is 13.8 Å². The van der Waals surface area contributed by atoms with Gasteiger partial charge in [-0.1, -0.05) is 109 Å². The van der Waals surface area contributed by atoms with Crippen LogP contribution in [0.1, 0.15) is 11.1 Å². The zero-order valence-electron chi connectivity index (χ0n) is 24.6. The van der Waals surface area contributed by atoms with Crippen LogP contribution in [0.5, 0.6) is 11.5 Å². The summed E-state index contributed by atoms with van der Waals surface area (Å²) >= 11 is 0. The third-order valence-electron chi connectivity index (χ3n) is 9.10. The molecule has 2 nitrogen and oxygen atoms in total. The first kappa shape index (κ1) is 26.1. The number of rotatable bonds is 3. The summed E-state index contributed by atoms with van der Waals surface area (Å²) in [6.45, 7) is 4.40. The summed E-state index contributed by atoms with van der Waals surface area (Å²) in [5, 5.41) is 30.8. The zero-order chi connectivity index (χ0) is 29.9. The molecule has 8 aromatic rings. The smallest absolute Gasteiger partial charge is 0.124 e. The van der Waals surface area contributed by atoms with Gasteiger partial charge in [0.25, 0.3) is 0 Å². The molecule has 0 spiro atoms. The summed E-state index contributed by atoms with van der Waals surface area (Å²) in [7, 11) is 0. The molecule has 0 atom stereocenters. The van der Waals surface area contributed by atoms with Gasteiger partial charge < -0.3 is 10.2 Å². The molecule has 0 bridgehead atoms. The minimum atomic E-state index is 0.147. The fourth-order valence-corrected chi connectivity index (χ4v) is 6.95. The molecule has 0 unspecified atom stereocenters. The summed E-state index contributed by atoms with van der Waals surface area (Å²) in [5.74, 6) is 0.298. The molecule has 0 aliphatic rings. The maximum absolute atomic E-state index is 11.1. The Morgan fingerprint density at radius 2 is 0.727 bits per heavy atom. The molecular formula is C42H30O2. The molecule has 0 saturated carbocycles. The second-order valence-corrected chi connectivity index (χ2v) is 11.7. The molecule has 2 heteroatoms. The SMILES string of the molecule is Cc1ccc2ccccc2c1-c1c(C)ccc2cc(-c3ccc4c(-c5c(O)ccc6ccccc56)c(O)ccc4c3)ccc12. The minimum Gasteiger partial charge on any atom is -0.507 e. The van der Waals surface area contributed by atoms with E-state index >= 15 is 0 Å². The van der Waals surface area contributed by atoms with E-state index in [-0.39, 0.29) is 11.5 Å². The standard InChI is InChI=1S/C42H30O2/c1-25-11-13-27-7-3-5-9-33(27)39(25)40-26(2)12-14-31-23-29(15-19-35(31)40)30-16-20-36-32(24-30)18-22-38(44)42(36)41-34-10-6-4-8-28(34)17-21-37(41)43/h3-24,43-44H,1-2H3. The first-order valence-electron chi connectivity index (χ1n) is 15.0. The second kappa shape index (κ2) is 10.00. The average molecular weight is 567 g/mol. The number of aryl methyl sites for hydroxylation is 2. The van der Waals surface area contributed by atoms with Crippen molar-refractivity contribution < 1.29 is 10.2 Å². The van der Waals surface area contributed by atoms with Crippen LogP contribution >= 0.6 is 0 Å². The number of phenols is 2. The van der Waals surface area contributed by atoms with Crippen molar-refractivity contribution in [1.29, 1.82) is 0 Å². The van der Waals surface area contributed by atoms with Gasteiger partial charge in [-0.25, -0.2) is 0 Å². The van der Waals surface area contributed by atoms with E-state index in [1.54, 1.807) is 12.1 Å². The van der Waals surface area contributed by atoms with Gasteiger partial charge in [0.15, 0.2) is 0 Å². The predicted octanol–water partition coefficient (Wildman–Crippen LogP) is 11.3. The van der Waals surface area contributed by atoms with Crippen molar-refractivity contribution in [3.8, 4) is 44.9 Å². The predicted molar refractivity (Wildman–Crippen MR) is 186 cm³/mol. The quantitative estimate of drug-likeness (QED) is 0.223. The van der Waals surface area contributed by atoms with Crippen LogP contribution in [0.15, 0.2) is 133 Å². The van der Waals surface area contributed by atoms with Crippen LogP contribution in [0.25, 0.3) is 76.5 Å². The highest BCUT2D eigenvalue weighted by Gasteiger charge is 2.18. The number of hydrogen-bond acceptors (Lipinski definition) is 2. The molecule has 44 heavy (non-hydrogen) atoms. The minimum absolute atomic E-state index is 0.147. The van der Waals surface area contributed by atoms with Crippen molar-refractivity contribution in [2.24, 2.45) is 0 Å². The van der Waals surface area contributed by atoms with E-state index in [9.17, 15) is 10.2 Å². The highest BCUT2D eigenvalue weighted by molar-refractivity contribution is 6.11. The molecular weight excluding hydrogens is 536 g/mol. The molecule has 0 heterocycles. The van der Waals surface area contributed by atoms with Crippen molar-refractivity contribution in [2.75, 3.05) is 0 Å². The molecule has 8 rings (SSSR count). The maximum Gasteiger partial charge on any atom is 0.124 e. The van der Waals surface area contributed by atoms with Gasteiger partial charge >= 0.3 is 0 Å². The average Bonchev–Trinajstić information content (AvgIpc) is 3.05. The van der Waals surface area contributed by atoms with Crippen molar-refractivity contribution >= 4 is 43.1 Å². The lowest BCUT2D eigenvalue weighted by molar-refractivity contribution is 0.470. The van der Waals surface area contributed by atoms with Gasteiger partial charge in [0.05, 0.1) is 0 Å². The fourth-order valence-electron chi connectivity index (χ4n) is 6.95. The Labute approximate surface area is 256 Å². The zero-order valence-corrected chi connectivity index (χ0v) is 24.6. The van der Waals surface area contributed by atoms with E-state index in [0.717, 1.165) is 32.7 Å². The molecule has 0 radical (unpaired) electrons. The first-order valence-corrected chi connectivity index (χ1v) is 15.0. The number of fused-ring (bicyclic) bond motifs is 4. The van der Waals surface area contributed by atoms with Gasteiger partial charge in [0.2, 0.25) is 0 Å². The Morgan fingerprint density at radius 3 is 1.27 bits per heavy atom. The Bertz CT molecular complexity index is 2260. The van der Waals surface area contributed by atoms with Crippen molar-refractivity contribution in [1.82, 2.24) is 0 Å². The number of phenolic OH excluding ortho intramolecular Hbond substituents is 2. The topological polar surface area (TPSA) is 40.5 Å². The largest absolute Gasteiger partial charge is 0.507 e. The summed E-state index contributed by atoms with van der Waals surface area (Å²) in [5.41, 5.74) is 8.65. The Hall–Kier alpha value is -5.60. The van der Waals surface area contributed by atoms with E-state index in [2.05, 4.69) is 98.8 Å². The number of benzene rings is 8. The van der Waals surface area contributed by atoms with E-state index in [0.29, 0.717) is 11.1 Å². The van der Waals surface area contributed by atoms with Crippen LogP contribution in [0.2, 0.25) is 0 Å². The molecule has 8 aromatic carbocycles. The van der Waals surface area contributed by atoms with E-state index in [1.165, 1.54) is 43.8 Å². The van der Waals surface area contributed by atoms with Gasteiger partial charge in [-0.2, -0.15) is 0 Å². The Balaban J connectivity index is 1.29. The summed E-state index contributed by atoms with van der Waals surface area (Å²) in [4.78, 5) is 0. The van der Waals surface area contributed by atoms with Crippen LogP contribution < -0.4 is 0 Å². The molecule has 2 N–H and O–H groups in total. The van der Waals surface area contributed by atoms with Crippen LogP contribution in [-0.4, -0.2) is 10.2 Å². The van der Waals surface area contributed by atoms with Gasteiger partial charge in [0.1, 0.15) is 11.5 Å². The molecule has 0 fully saturated rings. The molecule has 0 aliphatic carbocycles. The lowest BCUT2D eigenvalue weighted by atomic mass is 9.87. The lowest BCUT2D eigenvalue weighted by Crippen LogP contribution is -1.92. The third kappa shape index (κ3) is 4.03. The van der Waals surface area contributed by atoms with Crippen molar-refractivity contribution in [2.45, 2.75) is 13.8 Å². The van der Waals surface area contributed by atoms with Gasteiger partial charge in [-0.15, -0.1) is 0 Å². The van der Waals surface area contributed by atoms with Gasteiger partial charge in [-0.3, -0.25) is 0 Å². The highest BCUT2D eigenvalue weighted by Crippen LogP contribution is 2.45. The normalized spacial score (nSPS) is 11.6. The summed E-state index contributed by atoms with van der Waals surface area (Å²) in [6.07, 6.45) is 0. The lowest BCUT2D eigenvalue weighted by Gasteiger charge is -2.17. The first-order chi connectivity index (χ1) is 21.5. The summed E-state index contributed by atoms with van der Waals surface area (Å²) in [6, 6.07) is 45.8. The number of aromatic hydroxyl groups is 2. The number of hydrogen-bond donors (Lipinski definition) is 2.